The fraction of sp³-hybridized carbons (Fsp3) is 0.389. The third kappa shape index (κ3) is 4.56. The van der Waals surface area contributed by atoms with Gasteiger partial charge in [0.2, 0.25) is 0 Å². The van der Waals surface area contributed by atoms with Gasteiger partial charge in [0, 0.05) is 25.3 Å². The van der Waals surface area contributed by atoms with Gasteiger partial charge in [0.1, 0.15) is 0 Å². The van der Waals surface area contributed by atoms with Gasteiger partial charge in [0.05, 0.1) is 18.1 Å². The fourth-order valence-corrected chi connectivity index (χ4v) is 3.32. The molecule has 122 valence electrons. The molecule has 0 radical (unpaired) electrons. The summed E-state index contributed by atoms with van der Waals surface area (Å²) in [6.45, 7) is 4.27. The Morgan fingerprint density at radius 2 is 1.96 bits per heavy atom. The van der Waals surface area contributed by atoms with E-state index in [0.29, 0.717) is 6.54 Å². The average Bonchev–Trinajstić information content (AvgIpc) is 3.15. The highest BCUT2D eigenvalue weighted by molar-refractivity contribution is 7.12. The zero-order valence-corrected chi connectivity index (χ0v) is 14.0. The van der Waals surface area contributed by atoms with Gasteiger partial charge in [-0.1, -0.05) is 18.2 Å². The average molecular weight is 330 g/mol. The van der Waals surface area contributed by atoms with E-state index in [-0.39, 0.29) is 5.91 Å². The number of aryl methyl sites for hydroxylation is 1. The Morgan fingerprint density at radius 3 is 2.65 bits per heavy atom. The molecular formula is C18H22N2O2S. The quantitative estimate of drug-likeness (QED) is 0.828. The molecule has 5 heteroatoms. The molecule has 4 nitrogen and oxygen atoms in total. The first-order valence-corrected chi connectivity index (χ1v) is 8.94. The van der Waals surface area contributed by atoms with Crippen LogP contribution < -0.4 is 10.2 Å². The highest BCUT2D eigenvalue weighted by Crippen LogP contribution is 2.17. The monoisotopic (exact) mass is 330 g/mol. The molecule has 1 aliphatic rings. The second kappa shape index (κ2) is 8.13. The predicted octanol–water partition coefficient (Wildman–Crippen LogP) is 2.95. The van der Waals surface area contributed by atoms with Crippen LogP contribution in [-0.2, 0) is 11.2 Å². The maximum atomic E-state index is 11.8. The molecule has 23 heavy (non-hydrogen) atoms. The number of nitrogens with one attached hydrogen (secondary N) is 1. The summed E-state index contributed by atoms with van der Waals surface area (Å²) in [5.74, 6) is 0.0302. The van der Waals surface area contributed by atoms with E-state index in [1.165, 1.54) is 22.6 Å². The number of anilines is 1. The van der Waals surface area contributed by atoms with E-state index in [1.807, 2.05) is 17.5 Å². The maximum absolute atomic E-state index is 11.8. The number of benzene rings is 1. The number of rotatable bonds is 6. The number of carbonyl (C=O) groups excluding carboxylic acids is 1. The van der Waals surface area contributed by atoms with Crippen molar-refractivity contribution in [1.29, 1.82) is 0 Å². The Bertz CT molecular complexity index is 604. The molecule has 0 atom stereocenters. The summed E-state index contributed by atoms with van der Waals surface area (Å²) < 4.78 is 5.38. The Balaban J connectivity index is 1.41. The summed E-state index contributed by atoms with van der Waals surface area (Å²) in [6.07, 6.45) is 1.93. The van der Waals surface area contributed by atoms with Crippen molar-refractivity contribution in [3.05, 3.63) is 52.2 Å². The zero-order chi connectivity index (χ0) is 15.9. The van der Waals surface area contributed by atoms with Crippen molar-refractivity contribution >= 4 is 22.9 Å². The van der Waals surface area contributed by atoms with Crippen molar-refractivity contribution in [2.75, 3.05) is 37.7 Å². The van der Waals surface area contributed by atoms with E-state index in [4.69, 9.17) is 4.74 Å². The minimum atomic E-state index is 0.0302. The fourth-order valence-electron chi connectivity index (χ4n) is 2.68. The first-order valence-electron chi connectivity index (χ1n) is 8.06. The number of thiophene rings is 1. The molecule has 0 unspecified atom stereocenters. The van der Waals surface area contributed by atoms with Gasteiger partial charge >= 0.3 is 0 Å². The molecule has 0 spiro atoms. The molecule has 2 aromatic rings. The van der Waals surface area contributed by atoms with E-state index < -0.39 is 0 Å². The van der Waals surface area contributed by atoms with E-state index in [1.54, 1.807) is 0 Å². The van der Waals surface area contributed by atoms with Gasteiger partial charge in [-0.3, -0.25) is 4.79 Å². The molecule has 0 aliphatic carbocycles. The predicted molar refractivity (Wildman–Crippen MR) is 94.4 cm³/mol. The van der Waals surface area contributed by atoms with Crippen LogP contribution in [0.15, 0.2) is 41.8 Å². The molecule has 1 aromatic heterocycles. The lowest BCUT2D eigenvalue weighted by Gasteiger charge is -2.28. The molecular weight excluding hydrogens is 308 g/mol. The minimum absolute atomic E-state index is 0.0302. The molecule has 1 N–H and O–H groups in total. The number of amides is 1. The van der Waals surface area contributed by atoms with Gasteiger partial charge in [-0.15, -0.1) is 11.3 Å². The third-order valence-electron chi connectivity index (χ3n) is 3.99. The molecule has 1 saturated heterocycles. The zero-order valence-electron chi connectivity index (χ0n) is 13.2. The first kappa shape index (κ1) is 16.0. The van der Waals surface area contributed by atoms with Gasteiger partial charge in [-0.2, -0.15) is 0 Å². The lowest BCUT2D eigenvalue weighted by molar-refractivity contribution is 0.0957. The second-order valence-electron chi connectivity index (χ2n) is 5.60. The van der Waals surface area contributed by atoms with Crippen LogP contribution in [-0.4, -0.2) is 38.8 Å². The van der Waals surface area contributed by atoms with Crippen molar-refractivity contribution in [3.8, 4) is 0 Å². The van der Waals surface area contributed by atoms with Crippen molar-refractivity contribution < 1.29 is 9.53 Å². The molecule has 0 saturated carbocycles. The lowest BCUT2D eigenvalue weighted by Crippen LogP contribution is -2.36. The van der Waals surface area contributed by atoms with Crippen LogP contribution in [0.1, 0.15) is 21.7 Å². The van der Waals surface area contributed by atoms with Gasteiger partial charge in [0.15, 0.2) is 0 Å². The van der Waals surface area contributed by atoms with Crippen LogP contribution in [0.4, 0.5) is 5.69 Å². The smallest absolute Gasteiger partial charge is 0.261 e. The second-order valence-corrected chi connectivity index (χ2v) is 6.55. The summed E-state index contributed by atoms with van der Waals surface area (Å²) in [5, 5.41) is 4.89. The Labute approximate surface area is 141 Å². The Morgan fingerprint density at radius 1 is 1.17 bits per heavy atom. The number of hydrogen-bond acceptors (Lipinski definition) is 4. The maximum Gasteiger partial charge on any atom is 0.261 e. The van der Waals surface area contributed by atoms with Crippen molar-refractivity contribution in [2.45, 2.75) is 12.8 Å². The Hall–Kier alpha value is -1.85. The highest BCUT2D eigenvalue weighted by atomic mass is 32.1. The van der Waals surface area contributed by atoms with Gasteiger partial charge in [-0.25, -0.2) is 0 Å². The molecule has 1 amide bonds. The van der Waals surface area contributed by atoms with Crippen molar-refractivity contribution in [3.63, 3.8) is 0 Å². The molecule has 3 rings (SSSR count). The van der Waals surface area contributed by atoms with Gasteiger partial charge in [-0.05, 0) is 42.0 Å². The summed E-state index contributed by atoms with van der Waals surface area (Å²) in [5.41, 5.74) is 2.58. The van der Waals surface area contributed by atoms with E-state index >= 15 is 0 Å². The number of ether oxygens (including phenoxy) is 1. The van der Waals surface area contributed by atoms with Crippen LogP contribution in [0.25, 0.3) is 0 Å². The summed E-state index contributed by atoms with van der Waals surface area (Å²) in [4.78, 5) is 15.0. The molecule has 1 aromatic carbocycles. The van der Waals surface area contributed by atoms with Gasteiger partial charge in [0.25, 0.3) is 5.91 Å². The summed E-state index contributed by atoms with van der Waals surface area (Å²) >= 11 is 1.47. The lowest BCUT2D eigenvalue weighted by atomic mass is 10.1. The van der Waals surface area contributed by atoms with Gasteiger partial charge < -0.3 is 15.0 Å². The van der Waals surface area contributed by atoms with E-state index in [2.05, 4.69) is 34.5 Å². The van der Waals surface area contributed by atoms with Crippen LogP contribution in [0.3, 0.4) is 0 Å². The summed E-state index contributed by atoms with van der Waals surface area (Å²) in [7, 11) is 0. The largest absolute Gasteiger partial charge is 0.378 e. The summed E-state index contributed by atoms with van der Waals surface area (Å²) in [6, 6.07) is 12.5. The number of hydrogen-bond donors (Lipinski definition) is 1. The van der Waals surface area contributed by atoms with E-state index in [0.717, 1.165) is 44.0 Å². The molecule has 0 bridgehead atoms. The van der Waals surface area contributed by atoms with Crippen molar-refractivity contribution in [2.24, 2.45) is 0 Å². The first-order chi connectivity index (χ1) is 11.3. The molecule has 2 heterocycles. The topological polar surface area (TPSA) is 41.6 Å². The standard InChI is InChI=1S/C18H22N2O2S/c21-18(17-4-2-14-23-17)19-9-1-3-15-5-7-16(8-6-15)20-10-12-22-13-11-20/h2,4-8,14H,1,3,9-13H2,(H,19,21). The van der Waals surface area contributed by atoms with E-state index in [9.17, 15) is 4.79 Å². The van der Waals surface area contributed by atoms with Crippen LogP contribution in [0.2, 0.25) is 0 Å². The van der Waals surface area contributed by atoms with Crippen molar-refractivity contribution in [1.82, 2.24) is 5.32 Å². The van der Waals surface area contributed by atoms with Crippen LogP contribution in [0, 0.1) is 0 Å². The third-order valence-corrected chi connectivity index (χ3v) is 4.85. The number of morpholine rings is 1. The molecule has 1 fully saturated rings. The number of nitrogens with zero attached hydrogens (tertiary/aromatic N) is 1. The highest BCUT2D eigenvalue weighted by Gasteiger charge is 2.10. The Kier molecular flexibility index (Phi) is 5.66. The van der Waals surface area contributed by atoms with Crippen LogP contribution in [0.5, 0.6) is 0 Å². The molecule has 1 aliphatic heterocycles. The SMILES string of the molecule is O=C(NCCCc1ccc(N2CCOCC2)cc1)c1cccs1. The minimum Gasteiger partial charge on any atom is -0.378 e. The normalized spacial score (nSPS) is 14.7. The number of carbonyl (C=O) groups is 1. The van der Waals surface area contributed by atoms with Crippen LogP contribution >= 0.6 is 11.3 Å².